The highest BCUT2D eigenvalue weighted by Gasteiger charge is 2.17. The average Bonchev–Trinajstić information content (AvgIpc) is 2.54. The van der Waals surface area contributed by atoms with Crippen LogP contribution < -0.4 is 0 Å². The summed E-state index contributed by atoms with van der Waals surface area (Å²) in [5, 5.41) is 18.5. The highest BCUT2D eigenvalue weighted by molar-refractivity contribution is 5.46. The maximum absolute atomic E-state index is 9.47. The molecular formula is C10H12O2. The molecule has 0 spiro atoms. The van der Waals surface area contributed by atoms with Gasteiger partial charge in [0.1, 0.15) is 5.75 Å². The maximum Gasteiger partial charge on any atom is 0.119 e. The number of phenols is 1. The molecule has 0 aliphatic heterocycles. The number of aromatic hydroxyl groups is 1. The first-order chi connectivity index (χ1) is 5.83. The molecule has 0 radical (unpaired) electrons. The largest absolute Gasteiger partial charge is 0.508 e. The van der Waals surface area contributed by atoms with E-state index in [4.69, 9.17) is 5.11 Å². The van der Waals surface area contributed by atoms with E-state index in [2.05, 4.69) is 0 Å². The summed E-state index contributed by atoms with van der Waals surface area (Å²) in [5.74, 6) is 0.389. The van der Waals surface area contributed by atoms with Crippen LogP contribution in [0.5, 0.6) is 5.75 Å². The Hall–Kier alpha value is -1.02. The lowest BCUT2D eigenvalue weighted by atomic mass is 10.0. The quantitative estimate of drug-likeness (QED) is 0.658. The van der Waals surface area contributed by atoms with E-state index in [-0.39, 0.29) is 6.61 Å². The molecule has 1 aliphatic rings. The van der Waals surface area contributed by atoms with Crippen molar-refractivity contribution >= 4 is 0 Å². The second kappa shape index (κ2) is 2.79. The third kappa shape index (κ3) is 0.994. The van der Waals surface area contributed by atoms with Crippen molar-refractivity contribution in [2.45, 2.75) is 25.9 Å². The molecular weight excluding hydrogens is 152 g/mol. The Kier molecular flexibility index (Phi) is 1.77. The molecule has 2 N–H and O–H groups in total. The molecule has 0 aromatic heterocycles. The molecule has 0 bridgehead atoms. The van der Waals surface area contributed by atoms with Crippen LogP contribution in [0.1, 0.15) is 23.1 Å². The van der Waals surface area contributed by atoms with Crippen molar-refractivity contribution in [2.75, 3.05) is 0 Å². The Morgan fingerprint density at radius 2 is 1.92 bits per heavy atom. The number of aliphatic hydroxyl groups is 1. The van der Waals surface area contributed by atoms with Crippen LogP contribution in [0, 0.1) is 0 Å². The number of phenolic OH excluding ortho intramolecular Hbond substituents is 1. The van der Waals surface area contributed by atoms with Gasteiger partial charge in [0.25, 0.3) is 0 Å². The monoisotopic (exact) mass is 164 g/mol. The van der Waals surface area contributed by atoms with E-state index in [0.29, 0.717) is 5.75 Å². The zero-order valence-electron chi connectivity index (χ0n) is 6.88. The lowest BCUT2D eigenvalue weighted by Crippen LogP contribution is -1.92. The van der Waals surface area contributed by atoms with E-state index in [9.17, 15) is 5.11 Å². The second-order valence-electron chi connectivity index (χ2n) is 3.21. The third-order valence-electron chi connectivity index (χ3n) is 2.53. The summed E-state index contributed by atoms with van der Waals surface area (Å²) in [4.78, 5) is 0. The zero-order valence-corrected chi connectivity index (χ0v) is 6.88. The molecule has 2 rings (SSSR count). The molecule has 0 atom stereocenters. The van der Waals surface area contributed by atoms with Crippen molar-refractivity contribution < 1.29 is 10.2 Å². The van der Waals surface area contributed by atoms with Crippen molar-refractivity contribution in [1.82, 2.24) is 0 Å². The summed E-state index contributed by atoms with van der Waals surface area (Å²) < 4.78 is 0. The molecule has 0 unspecified atom stereocenters. The minimum atomic E-state index is 0.0859. The number of hydrogen-bond acceptors (Lipinski definition) is 2. The fraction of sp³-hybridized carbons (Fsp3) is 0.400. The van der Waals surface area contributed by atoms with Gasteiger partial charge in [-0.15, -0.1) is 0 Å². The molecule has 2 heteroatoms. The molecule has 0 amide bonds. The number of fused-ring (bicyclic) bond motifs is 1. The van der Waals surface area contributed by atoms with Gasteiger partial charge in [-0.05, 0) is 42.0 Å². The van der Waals surface area contributed by atoms with E-state index in [1.165, 1.54) is 0 Å². The number of benzene rings is 1. The van der Waals surface area contributed by atoms with Crippen LogP contribution in [0.25, 0.3) is 0 Å². The molecule has 2 nitrogen and oxygen atoms in total. The molecule has 0 heterocycles. The summed E-state index contributed by atoms with van der Waals surface area (Å²) >= 11 is 0. The Balaban J connectivity index is 2.57. The summed E-state index contributed by atoms with van der Waals surface area (Å²) in [5.41, 5.74) is 3.18. The SMILES string of the molecule is OCc1ccc(O)c2c1CCC2. The minimum absolute atomic E-state index is 0.0859. The number of aliphatic hydroxyl groups excluding tert-OH is 1. The van der Waals surface area contributed by atoms with E-state index in [1.54, 1.807) is 12.1 Å². The highest BCUT2D eigenvalue weighted by Crippen LogP contribution is 2.32. The second-order valence-corrected chi connectivity index (χ2v) is 3.21. The molecule has 1 aromatic carbocycles. The van der Waals surface area contributed by atoms with E-state index in [0.717, 1.165) is 36.0 Å². The molecule has 0 saturated heterocycles. The smallest absolute Gasteiger partial charge is 0.119 e. The molecule has 0 saturated carbocycles. The van der Waals surface area contributed by atoms with Crippen molar-refractivity contribution in [3.8, 4) is 5.75 Å². The molecule has 64 valence electrons. The summed E-state index contributed by atoms with van der Waals surface area (Å²) in [6.07, 6.45) is 3.05. The standard InChI is InChI=1S/C10H12O2/c11-6-7-4-5-10(12)9-3-1-2-8(7)9/h4-5,11-12H,1-3,6H2. The van der Waals surface area contributed by atoms with Crippen LogP contribution in [0.3, 0.4) is 0 Å². The van der Waals surface area contributed by atoms with Crippen molar-refractivity contribution in [2.24, 2.45) is 0 Å². The summed E-state index contributed by atoms with van der Waals surface area (Å²) in [6.45, 7) is 0.0859. The lowest BCUT2D eigenvalue weighted by molar-refractivity contribution is 0.280. The normalized spacial score (nSPS) is 14.8. The number of hydrogen-bond donors (Lipinski definition) is 2. The first-order valence-corrected chi connectivity index (χ1v) is 4.26. The van der Waals surface area contributed by atoms with Crippen LogP contribution in [0.4, 0.5) is 0 Å². The predicted octanol–water partition coefficient (Wildman–Crippen LogP) is 1.37. The van der Waals surface area contributed by atoms with E-state index >= 15 is 0 Å². The van der Waals surface area contributed by atoms with Crippen LogP contribution in [0.2, 0.25) is 0 Å². The van der Waals surface area contributed by atoms with Crippen molar-refractivity contribution in [3.05, 3.63) is 28.8 Å². The van der Waals surface area contributed by atoms with Crippen LogP contribution >= 0.6 is 0 Å². The van der Waals surface area contributed by atoms with Gasteiger partial charge in [0.2, 0.25) is 0 Å². The lowest BCUT2D eigenvalue weighted by Gasteiger charge is -2.06. The van der Waals surface area contributed by atoms with Crippen LogP contribution in [-0.4, -0.2) is 10.2 Å². The fourth-order valence-electron chi connectivity index (χ4n) is 1.91. The Morgan fingerprint density at radius 1 is 1.17 bits per heavy atom. The van der Waals surface area contributed by atoms with Gasteiger partial charge in [0, 0.05) is 0 Å². The van der Waals surface area contributed by atoms with Gasteiger partial charge in [-0.2, -0.15) is 0 Å². The van der Waals surface area contributed by atoms with Gasteiger partial charge in [0.05, 0.1) is 6.61 Å². The average molecular weight is 164 g/mol. The van der Waals surface area contributed by atoms with Gasteiger partial charge in [-0.25, -0.2) is 0 Å². The third-order valence-corrected chi connectivity index (χ3v) is 2.53. The maximum atomic E-state index is 9.47. The topological polar surface area (TPSA) is 40.5 Å². The van der Waals surface area contributed by atoms with Gasteiger partial charge < -0.3 is 10.2 Å². The molecule has 1 aromatic rings. The first-order valence-electron chi connectivity index (χ1n) is 4.26. The van der Waals surface area contributed by atoms with Crippen molar-refractivity contribution in [1.29, 1.82) is 0 Å². The van der Waals surface area contributed by atoms with Gasteiger partial charge in [-0.1, -0.05) is 6.07 Å². The predicted molar refractivity (Wildman–Crippen MR) is 46.1 cm³/mol. The molecule has 0 fully saturated rings. The number of rotatable bonds is 1. The van der Waals surface area contributed by atoms with E-state index in [1.807, 2.05) is 0 Å². The van der Waals surface area contributed by atoms with E-state index < -0.39 is 0 Å². The van der Waals surface area contributed by atoms with Gasteiger partial charge in [-0.3, -0.25) is 0 Å². The first kappa shape index (κ1) is 7.62. The van der Waals surface area contributed by atoms with Gasteiger partial charge >= 0.3 is 0 Å². The molecule has 12 heavy (non-hydrogen) atoms. The van der Waals surface area contributed by atoms with Crippen molar-refractivity contribution in [3.63, 3.8) is 0 Å². The van der Waals surface area contributed by atoms with Crippen LogP contribution in [0.15, 0.2) is 12.1 Å². The summed E-state index contributed by atoms with van der Waals surface area (Å²) in [6, 6.07) is 3.48. The highest BCUT2D eigenvalue weighted by atomic mass is 16.3. The summed E-state index contributed by atoms with van der Waals surface area (Å²) in [7, 11) is 0. The fourth-order valence-corrected chi connectivity index (χ4v) is 1.91. The Labute approximate surface area is 71.5 Å². The van der Waals surface area contributed by atoms with Crippen LogP contribution in [-0.2, 0) is 19.4 Å². The van der Waals surface area contributed by atoms with Gasteiger partial charge in [0.15, 0.2) is 0 Å². The zero-order chi connectivity index (χ0) is 8.55. The molecule has 1 aliphatic carbocycles. The Bertz CT molecular complexity index is 305. The Morgan fingerprint density at radius 3 is 2.67 bits per heavy atom. The minimum Gasteiger partial charge on any atom is -0.508 e.